The van der Waals surface area contributed by atoms with Gasteiger partial charge in [0.05, 0.1) is 0 Å². The number of carbonyl (C=O) groups excluding carboxylic acids is 1. The van der Waals surface area contributed by atoms with E-state index in [1.165, 1.54) is 0 Å². The van der Waals surface area contributed by atoms with E-state index in [4.69, 9.17) is 0 Å². The summed E-state index contributed by atoms with van der Waals surface area (Å²) in [6, 6.07) is -0.260. The zero-order chi connectivity index (χ0) is 8.65. The third-order valence-corrected chi connectivity index (χ3v) is 1.68. The summed E-state index contributed by atoms with van der Waals surface area (Å²) in [7, 11) is 0. The van der Waals surface area contributed by atoms with Gasteiger partial charge < -0.3 is 5.32 Å². The van der Waals surface area contributed by atoms with Gasteiger partial charge in [-0.25, -0.2) is 0 Å². The molecule has 2 atom stereocenters. The largest absolute Gasteiger partial charge is 0.471 e. The maximum Gasteiger partial charge on any atom is 0.471 e. The monoisotopic (exact) mass is 167 g/mol. The van der Waals surface area contributed by atoms with Crippen LogP contribution in [0.1, 0.15) is 13.3 Å². The fourth-order valence-electron chi connectivity index (χ4n) is 0.773. The van der Waals surface area contributed by atoms with Gasteiger partial charge in [0.2, 0.25) is 0 Å². The zero-order valence-electron chi connectivity index (χ0n) is 5.90. The third-order valence-electron chi connectivity index (χ3n) is 1.68. The maximum atomic E-state index is 11.6. The highest BCUT2D eigenvalue weighted by Gasteiger charge is 2.43. The molecule has 0 aliphatic heterocycles. The van der Waals surface area contributed by atoms with Gasteiger partial charge in [-0.1, -0.05) is 6.92 Å². The van der Waals surface area contributed by atoms with E-state index in [-0.39, 0.29) is 12.0 Å². The first-order valence-corrected chi connectivity index (χ1v) is 3.29. The molecule has 1 rings (SSSR count). The molecule has 0 saturated heterocycles. The second-order valence-corrected chi connectivity index (χ2v) is 2.79. The van der Waals surface area contributed by atoms with Crippen LogP contribution >= 0.6 is 0 Å². The number of rotatable bonds is 1. The highest BCUT2D eigenvalue weighted by molar-refractivity contribution is 5.82. The van der Waals surface area contributed by atoms with Gasteiger partial charge in [0.15, 0.2) is 0 Å². The molecule has 1 saturated carbocycles. The molecule has 0 bridgehead atoms. The molecule has 11 heavy (non-hydrogen) atoms. The summed E-state index contributed by atoms with van der Waals surface area (Å²) < 4.78 is 34.7. The summed E-state index contributed by atoms with van der Waals surface area (Å²) in [5.74, 6) is -1.63. The number of amides is 1. The first kappa shape index (κ1) is 8.36. The number of hydrogen-bond donors (Lipinski definition) is 1. The predicted molar refractivity (Wildman–Crippen MR) is 31.8 cm³/mol. The average Bonchev–Trinajstić information content (AvgIpc) is 2.44. The quantitative estimate of drug-likeness (QED) is 0.621. The molecular formula is C6H8F3NO. The fraction of sp³-hybridized carbons (Fsp3) is 0.833. The lowest BCUT2D eigenvalue weighted by atomic mass is 10.4. The van der Waals surface area contributed by atoms with Crippen molar-refractivity contribution in [3.05, 3.63) is 0 Å². The van der Waals surface area contributed by atoms with Crippen LogP contribution in [0.2, 0.25) is 0 Å². The van der Waals surface area contributed by atoms with Crippen LogP contribution < -0.4 is 5.32 Å². The Labute approximate surface area is 61.8 Å². The number of nitrogens with one attached hydrogen (secondary N) is 1. The average molecular weight is 167 g/mol. The molecule has 0 aromatic carbocycles. The van der Waals surface area contributed by atoms with Crippen LogP contribution in [0.25, 0.3) is 0 Å². The first-order valence-electron chi connectivity index (χ1n) is 3.29. The predicted octanol–water partition coefficient (Wildman–Crippen LogP) is 1.07. The Morgan fingerprint density at radius 1 is 1.55 bits per heavy atom. The number of carbonyl (C=O) groups is 1. The molecule has 1 fully saturated rings. The van der Waals surface area contributed by atoms with Gasteiger partial charge in [-0.3, -0.25) is 4.79 Å². The topological polar surface area (TPSA) is 29.1 Å². The number of halogens is 3. The van der Waals surface area contributed by atoms with Crippen LogP contribution in [-0.2, 0) is 4.79 Å². The Bertz CT molecular complexity index is 177. The fourth-order valence-corrected chi connectivity index (χ4v) is 0.773. The van der Waals surface area contributed by atoms with E-state index in [1.54, 1.807) is 6.92 Å². The minimum atomic E-state index is -4.73. The van der Waals surface area contributed by atoms with Crippen LogP contribution in [0.5, 0.6) is 0 Å². The minimum absolute atomic E-state index is 0.196. The van der Waals surface area contributed by atoms with Crippen molar-refractivity contribution in [2.75, 3.05) is 0 Å². The van der Waals surface area contributed by atoms with E-state index < -0.39 is 12.1 Å². The standard InChI is InChI=1S/C6H8F3NO/c1-3-2-4(3)10-5(11)6(7,8)9/h3-4H,2H2,1H3,(H,10,11). The highest BCUT2D eigenvalue weighted by atomic mass is 19.4. The first-order chi connectivity index (χ1) is 4.91. The molecular weight excluding hydrogens is 159 g/mol. The van der Waals surface area contributed by atoms with E-state index in [0.717, 1.165) is 0 Å². The molecule has 1 aliphatic carbocycles. The second kappa shape index (κ2) is 2.39. The second-order valence-electron chi connectivity index (χ2n) is 2.79. The normalized spacial score (nSPS) is 29.8. The van der Waals surface area contributed by atoms with Crippen molar-refractivity contribution in [1.82, 2.24) is 5.32 Å². The van der Waals surface area contributed by atoms with Gasteiger partial charge in [-0.2, -0.15) is 13.2 Å². The van der Waals surface area contributed by atoms with E-state index >= 15 is 0 Å². The van der Waals surface area contributed by atoms with Crippen molar-refractivity contribution in [2.45, 2.75) is 25.6 Å². The van der Waals surface area contributed by atoms with Gasteiger partial charge in [0, 0.05) is 6.04 Å². The van der Waals surface area contributed by atoms with Crippen molar-refractivity contribution in [2.24, 2.45) is 5.92 Å². The third kappa shape index (κ3) is 2.10. The number of alkyl halides is 3. The minimum Gasteiger partial charge on any atom is -0.345 e. The molecule has 0 aromatic heterocycles. The van der Waals surface area contributed by atoms with Gasteiger partial charge >= 0.3 is 12.1 Å². The molecule has 1 amide bonds. The highest BCUT2D eigenvalue weighted by Crippen LogP contribution is 2.30. The summed E-state index contributed by atoms with van der Waals surface area (Å²) in [6.07, 6.45) is -4.08. The summed E-state index contributed by atoms with van der Waals surface area (Å²) >= 11 is 0. The Morgan fingerprint density at radius 2 is 2.00 bits per heavy atom. The van der Waals surface area contributed by atoms with Crippen molar-refractivity contribution in [3.8, 4) is 0 Å². The van der Waals surface area contributed by atoms with Crippen LogP contribution in [0.4, 0.5) is 13.2 Å². The Morgan fingerprint density at radius 3 is 2.27 bits per heavy atom. The molecule has 64 valence electrons. The van der Waals surface area contributed by atoms with Crippen LogP contribution in [0, 0.1) is 5.92 Å². The maximum absolute atomic E-state index is 11.6. The smallest absolute Gasteiger partial charge is 0.345 e. The van der Waals surface area contributed by atoms with Crippen LogP contribution in [0.15, 0.2) is 0 Å². The molecule has 1 aliphatic rings. The van der Waals surface area contributed by atoms with Crippen molar-refractivity contribution in [1.29, 1.82) is 0 Å². The lowest BCUT2D eigenvalue weighted by molar-refractivity contribution is -0.173. The van der Waals surface area contributed by atoms with E-state index in [0.29, 0.717) is 6.42 Å². The molecule has 0 radical (unpaired) electrons. The van der Waals surface area contributed by atoms with Gasteiger partial charge in [-0.05, 0) is 12.3 Å². The Balaban J connectivity index is 2.33. The Kier molecular flexibility index (Phi) is 1.82. The number of hydrogen-bond acceptors (Lipinski definition) is 1. The van der Waals surface area contributed by atoms with Gasteiger partial charge in [-0.15, -0.1) is 0 Å². The summed E-state index contributed by atoms with van der Waals surface area (Å²) in [5, 5.41) is 1.88. The molecule has 0 heterocycles. The molecule has 0 spiro atoms. The lowest BCUT2D eigenvalue weighted by Gasteiger charge is -2.05. The lowest BCUT2D eigenvalue weighted by Crippen LogP contribution is -2.38. The molecule has 0 aromatic rings. The van der Waals surface area contributed by atoms with Crippen molar-refractivity contribution >= 4 is 5.91 Å². The summed E-state index contributed by atoms with van der Waals surface area (Å²) in [5.41, 5.74) is 0. The Hall–Kier alpha value is -0.740. The molecule has 1 N–H and O–H groups in total. The molecule has 2 nitrogen and oxygen atoms in total. The summed E-state index contributed by atoms with van der Waals surface area (Å²) in [4.78, 5) is 10.2. The van der Waals surface area contributed by atoms with Crippen LogP contribution in [-0.4, -0.2) is 18.1 Å². The summed E-state index contributed by atoms with van der Waals surface area (Å²) in [6.45, 7) is 1.79. The van der Waals surface area contributed by atoms with Gasteiger partial charge in [0.25, 0.3) is 0 Å². The van der Waals surface area contributed by atoms with E-state index in [2.05, 4.69) is 0 Å². The van der Waals surface area contributed by atoms with Crippen molar-refractivity contribution in [3.63, 3.8) is 0 Å². The van der Waals surface area contributed by atoms with E-state index in [1.807, 2.05) is 5.32 Å². The van der Waals surface area contributed by atoms with Gasteiger partial charge in [0.1, 0.15) is 0 Å². The zero-order valence-corrected chi connectivity index (χ0v) is 5.90. The molecule has 5 heteroatoms. The SMILES string of the molecule is CC1CC1NC(=O)C(F)(F)F. The van der Waals surface area contributed by atoms with E-state index in [9.17, 15) is 18.0 Å². The van der Waals surface area contributed by atoms with Crippen LogP contribution in [0.3, 0.4) is 0 Å². The molecule has 2 unspecified atom stereocenters. The van der Waals surface area contributed by atoms with Crippen molar-refractivity contribution < 1.29 is 18.0 Å².